The number of esters is 1. The van der Waals surface area contributed by atoms with Crippen molar-refractivity contribution in [1.82, 2.24) is 4.90 Å². The van der Waals surface area contributed by atoms with E-state index in [1.807, 2.05) is 11.9 Å². The number of hydrogen-bond donors (Lipinski definition) is 1. The predicted octanol–water partition coefficient (Wildman–Crippen LogP) is 3.37. The van der Waals surface area contributed by atoms with Gasteiger partial charge in [-0.05, 0) is 49.4 Å². The molecule has 1 N–H and O–H groups in total. The highest BCUT2D eigenvalue weighted by Crippen LogP contribution is 2.24. The van der Waals surface area contributed by atoms with E-state index >= 15 is 0 Å². The van der Waals surface area contributed by atoms with Crippen LogP contribution >= 0.6 is 22.7 Å². The summed E-state index contributed by atoms with van der Waals surface area (Å²) >= 11 is 3.01. The number of nitrogens with zero attached hydrogens (tertiary/aromatic N) is 1. The van der Waals surface area contributed by atoms with Gasteiger partial charge < -0.3 is 10.1 Å². The van der Waals surface area contributed by atoms with E-state index in [0.717, 1.165) is 6.54 Å². The first-order chi connectivity index (χ1) is 11.0. The molecule has 0 aliphatic heterocycles. The number of amides is 1. The lowest BCUT2D eigenvalue weighted by atomic mass is 10.3. The fourth-order valence-electron chi connectivity index (χ4n) is 2.05. The standard InChI is InChI=1S/C16H20N2O3S2/c1-4-21-16(20)12-6-8-23-15(12)17-14(19)10-18(3)9-13-11(2)5-7-22-13/h5-8H,4,9-10H2,1-3H3,(H,17,19). The van der Waals surface area contributed by atoms with Crippen molar-refractivity contribution in [2.75, 3.05) is 25.5 Å². The van der Waals surface area contributed by atoms with Gasteiger partial charge in [-0.15, -0.1) is 22.7 Å². The van der Waals surface area contributed by atoms with Gasteiger partial charge in [-0.3, -0.25) is 9.69 Å². The van der Waals surface area contributed by atoms with E-state index in [-0.39, 0.29) is 12.5 Å². The highest BCUT2D eigenvalue weighted by Gasteiger charge is 2.17. The number of ether oxygens (including phenoxy) is 1. The number of hydrogen-bond acceptors (Lipinski definition) is 6. The van der Waals surface area contributed by atoms with Gasteiger partial charge in [-0.1, -0.05) is 0 Å². The summed E-state index contributed by atoms with van der Waals surface area (Å²) in [6.45, 7) is 5.12. The van der Waals surface area contributed by atoms with E-state index in [9.17, 15) is 9.59 Å². The number of anilines is 1. The van der Waals surface area contributed by atoms with Gasteiger partial charge in [0.05, 0.1) is 18.7 Å². The number of carbonyl (C=O) groups excluding carboxylic acids is 2. The van der Waals surface area contributed by atoms with Crippen LogP contribution < -0.4 is 5.32 Å². The minimum Gasteiger partial charge on any atom is -0.462 e. The van der Waals surface area contributed by atoms with Crippen LogP contribution in [-0.2, 0) is 16.1 Å². The molecule has 0 aliphatic rings. The van der Waals surface area contributed by atoms with Gasteiger partial charge in [0.1, 0.15) is 5.00 Å². The lowest BCUT2D eigenvalue weighted by Gasteiger charge is -2.16. The molecule has 0 aromatic carbocycles. The van der Waals surface area contributed by atoms with Crippen LogP contribution in [0.25, 0.3) is 0 Å². The first kappa shape index (κ1) is 17.7. The molecule has 0 fully saturated rings. The third-order valence-electron chi connectivity index (χ3n) is 3.21. The zero-order chi connectivity index (χ0) is 16.8. The fraction of sp³-hybridized carbons (Fsp3) is 0.375. The molecule has 7 heteroatoms. The molecular weight excluding hydrogens is 332 g/mol. The summed E-state index contributed by atoms with van der Waals surface area (Å²) < 4.78 is 4.98. The second-order valence-corrected chi connectivity index (χ2v) is 7.05. The van der Waals surface area contributed by atoms with Crippen LogP contribution in [0, 0.1) is 6.92 Å². The van der Waals surface area contributed by atoms with E-state index in [0.29, 0.717) is 17.2 Å². The third kappa shape index (κ3) is 4.89. The summed E-state index contributed by atoms with van der Waals surface area (Å²) in [7, 11) is 1.90. The monoisotopic (exact) mass is 352 g/mol. The van der Waals surface area contributed by atoms with Crippen molar-refractivity contribution in [3.63, 3.8) is 0 Å². The lowest BCUT2D eigenvalue weighted by Crippen LogP contribution is -2.30. The molecule has 0 radical (unpaired) electrons. The maximum atomic E-state index is 12.2. The number of carbonyl (C=O) groups is 2. The van der Waals surface area contributed by atoms with Crippen LogP contribution in [0.4, 0.5) is 5.00 Å². The van der Waals surface area contributed by atoms with Crippen LogP contribution in [0.1, 0.15) is 27.7 Å². The summed E-state index contributed by atoms with van der Waals surface area (Å²) in [6, 6.07) is 3.74. The zero-order valence-corrected chi connectivity index (χ0v) is 15.1. The van der Waals surface area contributed by atoms with Gasteiger partial charge in [0, 0.05) is 11.4 Å². The molecule has 0 spiro atoms. The Morgan fingerprint density at radius 3 is 2.65 bits per heavy atom. The smallest absolute Gasteiger partial charge is 0.341 e. The molecule has 0 saturated heterocycles. The molecule has 0 bridgehead atoms. The molecule has 0 aliphatic carbocycles. The molecule has 5 nitrogen and oxygen atoms in total. The summed E-state index contributed by atoms with van der Waals surface area (Å²) in [5, 5.41) is 7.15. The van der Waals surface area contributed by atoms with Gasteiger partial charge in [-0.25, -0.2) is 4.79 Å². The maximum Gasteiger partial charge on any atom is 0.341 e. The molecule has 0 saturated carbocycles. The Morgan fingerprint density at radius 2 is 2.00 bits per heavy atom. The molecule has 2 rings (SSSR count). The first-order valence-corrected chi connectivity index (χ1v) is 9.03. The van der Waals surface area contributed by atoms with E-state index in [4.69, 9.17) is 4.74 Å². The van der Waals surface area contributed by atoms with E-state index in [1.54, 1.807) is 29.7 Å². The highest BCUT2D eigenvalue weighted by atomic mass is 32.1. The zero-order valence-electron chi connectivity index (χ0n) is 13.4. The number of rotatable bonds is 7. The average Bonchev–Trinajstić information content (AvgIpc) is 3.09. The van der Waals surface area contributed by atoms with Crippen molar-refractivity contribution in [2.24, 2.45) is 0 Å². The summed E-state index contributed by atoms with van der Waals surface area (Å²) in [5.74, 6) is -0.554. The topological polar surface area (TPSA) is 58.6 Å². The van der Waals surface area contributed by atoms with Crippen molar-refractivity contribution in [1.29, 1.82) is 0 Å². The Labute approximate surface area is 143 Å². The molecule has 23 heavy (non-hydrogen) atoms. The van der Waals surface area contributed by atoms with Crippen molar-refractivity contribution in [2.45, 2.75) is 20.4 Å². The molecule has 2 aromatic heterocycles. The Bertz CT molecular complexity index is 678. The SMILES string of the molecule is CCOC(=O)c1ccsc1NC(=O)CN(C)Cc1sccc1C. The molecule has 0 atom stereocenters. The molecule has 0 unspecified atom stereocenters. The number of aryl methyl sites for hydroxylation is 1. The minimum absolute atomic E-state index is 0.144. The van der Waals surface area contributed by atoms with Gasteiger partial charge in [-0.2, -0.15) is 0 Å². The van der Waals surface area contributed by atoms with Crippen LogP contribution in [-0.4, -0.2) is 37.0 Å². The van der Waals surface area contributed by atoms with E-state index in [2.05, 4.69) is 23.7 Å². The highest BCUT2D eigenvalue weighted by molar-refractivity contribution is 7.14. The van der Waals surface area contributed by atoms with Crippen LogP contribution in [0.5, 0.6) is 0 Å². The number of nitrogens with one attached hydrogen (secondary N) is 1. The van der Waals surface area contributed by atoms with E-state index < -0.39 is 5.97 Å². The number of thiophene rings is 2. The van der Waals surface area contributed by atoms with Crippen molar-refractivity contribution in [3.8, 4) is 0 Å². The fourth-order valence-corrected chi connectivity index (χ4v) is 3.83. The van der Waals surface area contributed by atoms with E-state index in [1.165, 1.54) is 21.8 Å². The maximum absolute atomic E-state index is 12.2. The van der Waals surface area contributed by atoms with Gasteiger partial charge in [0.25, 0.3) is 0 Å². The molecule has 2 aromatic rings. The molecule has 124 valence electrons. The molecular formula is C16H20N2O3S2. The third-order valence-corrected chi connectivity index (χ3v) is 5.05. The largest absolute Gasteiger partial charge is 0.462 e. The normalized spacial score (nSPS) is 10.8. The second-order valence-electron chi connectivity index (χ2n) is 5.13. The molecule has 1 amide bonds. The van der Waals surface area contributed by atoms with Crippen molar-refractivity contribution < 1.29 is 14.3 Å². The Kier molecular flexibility index (Phi) is 6.32. The van der Waals surface area contributed by atoms with Gasteiger partial charge >= 0.3 is 5.97 Å². The Balaban J connectivity index is 1.91. The van der Waals surface area contributed by atoms with Gasteiger partial charge in [0.2, 0.25) is 5.91 Å². The van der Waals surface area contributed by atoms with Crippen molar-refractivity contribution in [3.05, 3.63) is 38.9 Å². The summed E-state index contributed by atoms with van der Waals surface area (Å²) in [5.41, 5.74) is 1.65. The first-order valence-electron chi connectivity index (χ1n) is 7.27. The predicted molar refractivity (Wildman–Crippen MR) is 94.3 cm³/mol. The quantitative estimate of drug-likeness (QED) is 0.776. The van der Waals surface area contributed by atoms with Crippen LogP contribution in [0.3, 0.4) is 0 Å². The van der Waals surface area contributed by atoms with Crippen molar-refractivity contribution >= 4 is 39.6 Å². The van der Waals surface area contributed by atoms with Crippen LogP contribution in [0.15, 0.2) is 22.9 Å². The lowest BCUT2D eigenvalue weighted by molar-refractivity contribution is -0.117. The Hall–Kier alpha value is -1.70. The summed E-state index contributed by atoms with van der Waals surface area (Å²) in [6.07, 6.45) is 0. The van der Waals surface area contributed by atoms with Gasteiger partial charge in [0.15, 0.2) is 0 Å². The second kappa shape index (κ2) is 8.24. The Morgan fingerprint density at radius 1 is 1.26 bits per heavy atom. The molecule has 2 heterocycles. The number of likely N-dealkylation sites (N-methyl/N-ethyl adjacent to an activating group) is 1. The summed E-state index contributed by atoms with van der Waals surface area (Å²) in [4.78, 5) is 27.2. The van der Waals surface area contributed by atoms with Crippen LogP contribution in [0.2, 0.25) is 0 Å². The minimum atomic E-state index is -0.411. The average molecular weight is 352 g/mol.